The van der Waals surface area contributed by atoms with Gasteiger partial charge in [0, 0.05) is 39.0 Å². The molecule has 0 saturated carbocycles. The molecule has 1 aromatic carbocycles. The van der Waals surface area contributed by atoms with E-state index >= 15 is 0 Å². The number of hydrogen-bond acceptors (Lipinski definition) is 20. The van der Waals surface area contributed by atoms with Crippen molar-refractivity contribution in [3.63, 3.8) is 0 Å². The maximum Gasteiger partial charge on any atom is 0.409 e. The Labute approximate surface area is 469 Å². The number of aryl methyl sites for hydroxylation is 3. The molecule has 0 aliphatic heterocycles. The van der Waals surface area contributed by atoms with Gasteiger partial charge in [-0.15, -0.1) is 0 Å². The molecule has 4 heterocycles. The summed E-state index contributed by atoms with van der Waals surface area (Å²) in [5.41, 5.74) is 11.4. The molecular weight excluding hydrogens is 1170 g/mol. The molecule has 3 unspecified atom stereocenters. The van der Waals surface area contributed by atoms with Gasteiger partial charge in [-0.2, -0.15) is 4.72 Å². The Bertz CT molecular complexity index is 2730. The van der Waals surface area contributed by atoms with E-state index in [2.05, 4.69) is 60.6 Å². The zero-order chi connectivity index (χ0) is 57.5. The number of rotatable bonds is 22. The highest BCUT2D eigenvalue weighted by atomic mass is 35.6. The van der Waals surface area contributed by atoms with E-state index in [1.807, 2.05) is 6.92 Å². The van der Waals surface area contributed by atoms with E-state index in [1.54, 1.807) is 50.2 Å². The van der Waals surface area contributed by atoms with Gasteiger partial charge >= 0.3 is 29.8 Å². The fourth-order valence-electron chi connectivity index (χ4n) is 5.88. The van der Waals surface area contributed by atoms with E-state index in [0.29, 0.717) is 30.4 Å². The number of nitrogens with two attached hydrogens (primary N) is 2. The maximum atomic E-state index is 12.3. The number of ether oxygens (including phenoxy) is 3. The van der Waals surface area contributed by atoms with Crippen LogP contribution in [-0.2, 0) is 42.1 Å². The van der Waals surface area contributed by atoms with Crippen LogP contribution in [0, 0.1) is 41.0 Å². The third-order valence-electron chi connectivity index (χ3n) is 9.57. The number of carbonyl (C=O) groups excluding carboxylic acids is 3. The molecule has 0 spiro atoms. The zero-order valence-corrected chi connectivity index (χ0v) is 46.2. The second-order valence-corrected chi connectivity index (χ2v) is 21.6. The maximum absolute atomic E-state index is 12.3. The van der Waals surface area contributed by atoms with Crippen molar-refractivity contribution in [3.8, 4) is 0 Å². The van der Waals surface area contributed by atoms with Crippen LogP contribution in [0.4, 0.5) is 33.0 Å². The average Bonchev–Trinajstić information content (AvgIpc) is 3.93. The van der Waals surface area contributed by atoms with Crippen molar-refractivity contribution in [3.05, 3.63) is 117 Å². The molecule has 0 aliphatic rings. The highest BCUT2D eigenvalue weighted by Crippen LogP contribution is 2.32. The first-order valence-electron chi connectivity index (χ1n) is 21.9. The molecule has 2 amide bonds. The third-order valence-corrected chi connectivity index (χ3v) is 12.4. The van der Waals surface area contributed by atoms with E-state index in [-0.39, 0.29) is 61.2 Å². The topological polar surface area (TPSA) is 398 Å². The van der Waals surface area contributed by atoms with Crippen LogP contribution in [0.25, 0.3) is 0 Å². The number of aromatic nitrogens is 7. The number of imidazole rings is 2. The van der Waals surface area contributed by atoms with Crippen molar-refractivity contribution in [2.75, 3.05) is 37.5 Å². The Morgan fingerprint density at radius 1 is 0.740 bits per heavy atom. The molecule has 3 atom stereocenters. The van der Waals surface area contributed by atoms with E-state index in [0.717, 1.165) is 18.0 Å². The zero-order valence-electron chi connectivity index (χ0n) is 40.9. The Morgan fingerprint density at radius 3 is 1.68 bits per heavy atom. The predicted octanol–water partition coefficient (Wildman–Crippen LogP) is 5.32. The van der Waals surface area contributed by atoms with Crippen molar-refractivity contribution in [2.45, 2.75) is 77.6 Å². The number of pyridine rings is 1. The Hall–Kier alpha value is -6.80. The van der Waals surface area contributed by atoms with Crippen LogP contribution >= 0.6 is 69.6 Å². The van der Waals surface area contributed by atoms with Crippen molar-refractivity contribution in [1.29, 1.82) is 0 Å². The van der Waals surface area contributed by atoms with Gasteiger partial charge in [0.25, 0.3) is 0 Å². The molecule has 0 radical (unpaired) electrons. The molecule has 77 heavy (non-hydrogen) atoms. The van der Waals surface area contributed by atoms with Crippen molar-refractivity contribution in [2.24, 2.45) is 16.5 Å². The Morgan fingerprint density at radius 2 is 1.23 bits per heavy atom. The monoisotopic (exact) mass is 1220 g/mol. The number of hydrogen-bond donors (Lipinski definition) is 7. The number of benzene rings is 1. The molecule has 0 aliphatic carbocycles. The van der Waals surface area contributed by atoms with Gasteiger partial charge < -0.3 is 56.5 Å². The smallest absolute Gasteiger partial charge is 0.409 e. The summed E-state index contributed by atoms with van der Waals surface area (Å²) in [6.45, 7) is 5.09. The molecule has 0 fully saturated rings. The lowest BCUT2D eigenvalue weighted by molar-refractivity contribution is -0.392. The molecule has 36 heteroatoms. The third kappa shape index (κ3) is 22.8. The summed E-state index contributed by atoms with van der Waals surface area (Å²) in [6, 6.07) is 11.9. The lowest BCUT2D eigenvalue weighted by Crippen LogP contribution is -2.49. The number of nitro groups is 2. The number of nitrogens with one attached hydrogen (secondary N) is 5. The van der Waals surface area contributed by atoms with Crippen molar-refractivity contribution in [1.82, 2.24) is 49.4 Å². The van der Waals surface area contributed by atoms with Gasteiger partial charge in [0.05, 0.1) is 12.0 Å². The number of alkyl halides is 6. The number of nitrogens with zero attached hydrogens (tertiary/aromatic N) is 10. The number of methoxy groups -OCH3 is 1. The molecule has 0 bridgehead atoms. The number of esters is 1. The first-order valence-corrected chi connectivity index (χ1v) is 25.6. The minimum absolute atomic E-state index is 0.0310. The van der Waals surface area contributed by atoms with Crippen LogP contribution in [0.15, 0.2) is 89.4 Å². The van der Waals surface area contributed by atoms with Crippen LogP contribution in [0.3, 0.4) is 0 Å². The summed E-state index contributed by atoms with van der Waals surface area (Å²) in [7, 11) is -2.62. The molecule has 29 nitrogen and oxygen atoms in total. The number of carbonyl (C=O) groups is 3. The predicted molar refractivity (Wildman–Crippen MR) is 285 cm³/mol. The standard InChI is InChI=1S/C14H15Cl3N6O4.C14H22N4O4S.C13H14Cl3N7O4/c1-9-19-8-11(23(25)26)22(9)6-7-27-13(24)21-12(14(15,16)17)20-10-4-2-3-5-18-10;1-10-5-7-11(8-6-10)23(20,21)18-12(13(19)22-2)4-3-9-17-14(15)16;1-8-19-7-9(23(25)26)22(8)5-6-27-12(24)21-10(13(14,15)16)20-11-17-3-2-4-18-11/h2-5,8,12H,6-7H2,1H3,(H,18,20)(H,21,24);5-8,12,18H,3-4,9H2,1-2H3,(H4,15,16,17);2-4,7,10H,5-6H2,1H3,(H,21,24)(H,17,18,20). The van der Waals surface area contributed by atoms with Crippen molar-refractivity contribution >= 4 is 127 Å². The molecular formula is C41H51Cl6N17O12S. The highest BCUT2D eigenvalue weighted by molar-refractivity contribution is 7.89. The quantitative estimate of drug-likeness (QED) is 0.00530. The summed E-state index contributed by atoms with van der Waals surface area (Å²) in [5, 5.41) is 32.0. The highest BCUT2D eigenvalue weighted by Gasteiger charge is 2.36. The molecule has 420 valence electrons. The summed E-state index contributed by atoms with van der Waals surface area (Å²) in [5.74, 6) is 0.198. The SMILES string of the molecule is COC(=O)C(CCCN=C(N)N)NS(=O)(=O)c1ccc(C)cc1.Cc1ncc([N+](=O)[O-])n1CCOC(=O)NC(Nc1ccccn1)C(Cl)(Cl)Cl.Cc1ncc([N+](=O)[O-])n1CCOC(=O)NC(Nc1ncccn1)C(Cl)(Cl)Cl. The van der Waals surface area contributed by atoms with Crippen LogP contribution in [0.2, 0.25) is 0 Å². The van der Waals surface area contributed by atoms with Gasteiger partial charge in [-0.05, 0) is 59.9 Å². The molecule has 4 aromatic heterocycles. The van der Waals surface area contributed by atoms with E-state index in [9.17, 15) is 43.0 Å². The van der Waals surface area contributed by atoms with E-state index < -0.39 is 64.0 Å². The fraction of sp³-hybridized carbons (Fsp3) is 0.390. The molecule has 9 N–H and O–H groups in total. The minimum atomic E-state index is -3.82. The Balaban J connectivity index is 0.000000305. The summed E-state index contributed by atoms with van der Waals surface area (Å²) < 4.78 is 40.4. The lowest BCUT2D eigenvalue weighted by atomic mass is 10.2. The van der Waals surface area contributed by atoms with Crippen molar-refractivity contribution < 1.29 is 46.9 Å². The van der Waals surface area contributed by atoms with Crippen LogP contribution in [0.5, 0.6) is 0 Å². The average molecular weight is 1220 g/mol. The van der Waals surface area contributed by atoms with E-state index in [1.165, 1.54) is 47.0 Å². The lowest BCUT2D eigenvalue weighted by Gasteiger charge is -2.26. The normalized spacial score (nSPS) is 12.3. The largest absolute Gasteiger partial charge is 0.468 e. The minimum Gasteiger partial charge on any atom is -0.468 e. The molecule has 5 rings (SSSR count). The fourth-order valence-corrected chi connectivity index (χ4v) is 7.75. The number of sulfonamides is 1. The number of aliphatic imine (C=N–C) groups is 1. The molecule has 5 aromatic rings. The number of halogens is 6. The van der Waals surface area contributed by atoms with Gasteiger partial charge in [0.2, 0.25) is 23.6 Å². The summed E-state index contributed by atoms with van der Waals surface area (Å²) in [4.78, 5) is 79.8. The van der Waals surface area contributed by atoms with Gasteiger partial charge in [-0.25, -0.2) is 52.1 Å². The van der Waals surface area contributed by atoms with E-state index in [4.69, 9.17) is 90.5 Å². The van der Waals surface area contributed by atoms with Crippen LogP contribution in [0.1, 0.15) is 30.1 Å². The second kappa shape index (κ2) is 30.8. The second-order valence-electron chi connectivity index (χ2n) is 15.2. The summed E-state index contributed by atoms with van der Waals surface area (Å²) in [6.07, 6.45) is 3.23. The Kier molecular flexibility index (Phi) is 25.8. The van der Waals surface area contributed by atoms with Crippen LogP contribution < -0.4 is 37.5 Å². The van der Waals surface area contributed by atoms with Gasteiger partial charge in [0.1, 0.15) is 50.6 Å². The van der Waals surface area contributed by atoms with Gasteiger partial charge in [-0.1, -0.05) is 93.4 Å². The van der Waals surface area contributed by atoms with Gasteiger partial charge in [-0.3, -0.25) is 20.4 Å². The number of anilines is 2. The summed E-state index contributed by atoms with van der Waals surface area (Å²) >= 11 is 35.1. The van der Waals surface area contributed by atoms with Gasteiger partial charge in [0.15, 0.2) is 29.9 Å². The first kappa shape index (κ1) is 64.5. The number of alkyl carbamates (subject to hydrolysis) is 2. The molecule has 0 saturated heterocycles. The van der Waals surface area contributed by atoms with Crippen LogP contribution in [-0.4, -0.2) is 129 Å². The first-order chi connectivity index (χ1) is 36.1. The number of guanidine groups is 1. The number of amides is 2.